The summed E-state index contributed by atoms with van der Waals surface area (Å²) in [6.45, 7) is 0. The molecule has 0 fully saturated rings. The van der Waals surface area contributed by atoms with Crippen molar-refractivity contribution < 1.29 is 0 Å². The van der Waals surface area contributed by atoms with Crippen molar-refractivity contribution in [1.29, 1.82) is 0 Å². The van der Waals surface area contributed by atoms with Crippen LogP contribution in [0.5, 0.6) is 0 Å². The molecule has 0 aliphatic heterocycles. The molecule has 25 heavy (non-hydrogen) atoms. The minimum atomic E-state index is -0.390. The Bertz CT molecular complexity index is 942. The van der Waals surface area contributed by atoms with Crippen molar-refractivity contribution in [3.63, 3.8) is 0 Å². The lowest BCUT2D eigenvalue weighted by Crippen LogP contribution is -2.26. The number of hydrogen-bond donors (Lipinski definition) is 0. The zero-order valence-corrected chi connectivity index (χ0v) is 15.5. The predicted molar refractivity (Wildman–Crippen MR) is 112 cm³/mol. The van der Waals surface area contributed by atoms with Gasteiger partial charge in [0.25, 0.3) is 0 Å². The van der Waals surface area contributed by atoms with E-state index in [9.17, 15) is 0 Å². The number of benzene rings is 4. The molecule has 0 heterocycles. The second-order valence-corrected chi connectivity index (χ2v) is 8.26. The molecule has 0 aromatic heterocycles. The Morgan fingerprint density at radius 2 is 0.800 bits per heavy atom. The third kappa shape index (κ3) is 3.62. The van der Waals surface area contributed by atoms with Gasteiger partial charge < -0.3 is 0 Å². The van der Waals surface area contributed by atoms with Crippen LogP contribution in [-0.2, 0) is 0 Å². The maximum atomic E-state index is 2.30. The van der Waals surface area contributed by atoms with Crippen molar-refractivity contribution in [1.82, 2.24) is 0 Å². The Balaban J connectivity index is 1.65. The highest BCUT2D eigenvalue weighted by molar-refractivity contribution is 6.67. The maximum absolute atomic E-state index is 2.30. The highest BCUT2D eigenvalue weighted by atomic mass is 28.2. The minimum absolute atomic E-state index is 0.390. The van der Waals surface area contributed by atoms with E-state index in [0.29, 0.717) is 0 Å². The van der Waals surface area contributed by atoms with Gasteiger partial charge in [-0.25, -0.2) is 0 Å². The fourth-order valence-corrected chi connectivity index (χ4v) is 4.69. The molecular weight excluding hydrogens is 316 g/mol. The average molecular weight is 337 g/mol. The molecule has 0 unspecified atom stereocenters. The minimum Gasteiger partial charge on any atom is -0.0633 e. The summed E-state index contributed by atoms with van der Waals surface area (Å²) in [5.74, 6) is 0. The van der Waals surface area contributed by atoms with Crippen LogP contribution in [0.15, 0.2) is 109 Å². The fourth-order valence-electron chi connectivity index (χ4n) is 3.24. The molecule has 4 aromatic carbocycles. The van der Waals surface area contributed by atoms with Gasteiger partial charge in [0.05, 0.1) is 9.52 Å². The Morgan fingerprint density at radius 3 is 1.40 bits per heavy atom. The van der Waals surface area contributed by atoms with E-state index in [4.69, 9.17) is 0 Å². The van der Waals surface area contributed by atoms with Gasteiger partial charge in [0, 0.05) is 0 Å². The molecule has 0 bridgehead atoms. The van der Waals surface area contributed by atoms with Crippen molar-refractivity contribution in [2.45, 2.75) is 0 Å². The van der Waals surface area contributed by atoms with Crippen molar-refractivity contribution in [2.24, 2.45) is 0 Å². The monoisotopic (exact) mass is 336 g/mol. The fraction of sp³-hybridized carbons (Fsp3) is 0. The highest BCUT2D eigenvalue weighted by Gasteiger charge is 2.06. The first-order valence-electron chi connectivity index (χ1n) is 8.68. The van der Waals surface area contributed by atoms with Gasteiger partial charge in [-0.15, -0.1) is 0 Å². The van der Waals surface area contributed by atoms with Gasteiger partial charge in [-0.2, -0.15) is 0 Å². The summed E-state index contributed by atoms with van der Waals surface area (Å²) in [6.07, 6.45) is 0. The lowest BCUT2D eigenvalue weighted by atomic mass is 9.95. The summed E-state index contributed by atoms with van der Waals surface area (Å²) in [6, 6.07) is 39.2. The van der Waals surface area contributed by atoms with E-state index >= 15 is 0 Å². The van der Waals surface area contributed by atoms with Crippen molar-refractivity contribution in [3.8, 4) is 22.3 Å². The first-order valence-corrected chi connectivity index (χ1v) is 10.1. The van der Waals surface area contributed by atoms with Gasteiger partial charge in [-0.05, 0) is 22.3 Å². The molecule has 0 N–H and O–H groups in total. The van der Waals surface area contributed by atoms with E-state index in [1.54, 1.807) is 0 Å². The number of rotatable bonds is 4. The average Bonchev–Trinajstić information content (AvgIpc) is 2.70. The molecule has 1 heteroatoms. The van der Waals surface area contributed by atoms with E-state index in [2.05, 4.69) is 109 Å². The molecule has 0 atom stereocenters. The second-order valence-electron chi connectivity index (χ2n) is 6.27. The van der Waals surface area contributed by atoms with E-state index in [1.165, 1.54) is 32.6 Å². The third-order valence-electron chi connectivity index (χ3n) is 4.53. The van der Waals surface area contributed by atoms with Crippen LogP contribution in [0.25, 0.3) is 22.3 Å². The van der Waals surface area contributed by atoms with Crippen LogP contribution in [0, 0.1) is 0 Å². The van der Waals surface area contributed by atoms with Gasteiger partial charge in [0.2, 0.25) is 0 Å². The van der Waals surface area contributed by atoms with E-state index < -0.39 is 9.52 Å². The molecule has 0 aliphatic rings. The van der Waals surface area contributed by atoms with Gasteiger partial charge >= 0.3 is 0 Å². The molecule has 0 spiro atoms. The van der Waals surface area contributed by atoms with Crippen LogP contribution in [0.4, 0.5) is 0 Å². The molecule has 120 valence electrons. The highest BCUT2D eigenvalue weighted by Crippen LogP contribution is 2.31. The summed E-state index contributed by atoms with van der Waals surface area (Å²) < 4.78 is 0. The van der Waals surface area contributed by atoms with Gasteiger partial charge in [0.1, 0.15) is 0 Å². The van der Waals surface area contributed by atoms with Gasteiger partial charge in [0.15, 0.2) is 0 Å². The molecule has 4 rings (SSSR count). The normalized spacial score (nSPS) is 11.0. The summed E-state index contributed by atoms with van der Waals surface area (Å²) in [5, 5.41) is 2.96. The predicted octanol–water partition coefficient (Wildman–Crippen LogP) is 4.14. The Hall–Kier alpha value is -2.90. The molecule has 0 aliphatic carbocycles. The van der Waals surface area contributed by atoms with Crippen molar-refractivity contribution in [2.75, 3.05) is 0 Å². The SMILES string of the molecule is c1ccc([SiH2]c2ccc(-c3ccccc3-c3ccccc3)cc2)cc1. The topological polar surface area (TPSA) is 0 Å². The quantitative estimate of drug-likeness (QED) is 0.491. The lowest BCUT2D eigenvalue weighted by Gasteiger charge is -2.11. The lowest BCUT2D eigenvalue weighted by molar-refractivity contribution is 1.59. The van der Waals surface area contributed by atoms with Crippen molar-refractivity contribution >= 4 is 19.9 Å². The Labute approximate surface area is 151 Å². The Morgan fingerprint density at radius 1 is 0.360 bits per heavy atom. The second kappa shape index (κ2) is 7.33. The maximum Gasteiger partial charge on any atom is 0.0875 e. The molecular formula is C24H20Si. The molecule has 0 amide bonds. The van der Waals surface area contributed by atoms with Crippen LogP contribution in [0.1, 0.15) is 0 Å². The first kappa shape index (κ1) is 15.6. The molecule has 0 saturated carbocycles. The summed E-state index contributed by atoms with van der Waals surface area (Å²) in [5.41, 5.74) is 5.13. The zero-order valence-electron chi connectivity index (χ0n) is 14.1. The van der Waals surface area contributed by atoms with Crippen molar-refractivity contribution in [3.05, 3.63) is 109 Å². The van der Waals surface area contributed by atoms with E-state index in [0.717, 1.165) is 0 Å². The van der Waals surface area contributed by atoms with Crippen LogP contribution in [0.3, 0.4) is 0 Å². The van der Waals surface area contributed by atoms with Crippen LogP contribution in [0.2, 0.25) is 0 Å². The zero-order chi connectivity index (χ0) is 16.9. The van der Waals surface area contributed by atoms with Crippen LogP contribution in [-0.4, -0.2) is 9.52 Å². The smallest absolute Gasteiger partial charge is 0.0633 e. The van der Waals surface area contributed by atoms with E-state index in [1.807, 2.05) is 0 Å². The third-order valence-corrected chi connectivity index (χ3v) is 6.29. The molecule has 0 nitrogen and oxygen atoms in total. The number of hydrogen-bond acceptors (Lipinski definition) is 0. The molecule has 0 radical (unpaired) electrons. The largest absolute Gasteiger partial charge is 0.0875 e. The standard InChI is InChI=1S/C24H20Si/c1-3-9-19(10-4-1)23-13-7-8-14-24(23)20-15-17-22(18-16-20)25-21-11-5-2-6-12-21/h1-18H,25H2. The summed E-state index contributed by atoms with van der Waals surface area (Å²) in [4.78, 5) is 0. The first-order chi connectivity index (χ1) is 12.4. The Kier molecular flexibility index (Phi) is 4.58. The van der Waals surface area contributed by atoms with E-state index in [-0.39, 0.29) is 0 Å². The van der Waals surface area contributed by atoms with Gasteiger partial charge in [-0.3, -0.25) is 0 Å². The summed E-state index contributed by atoms with van der Waals surface area (Å²) >= 11 is 0. The van der Waals surface area contributed by atoms with Gasteiger partial charge in [-0.1, -0.05) is 120 Å². The van der Waals surface area contributed by atoms with Crippen LogP contribution < -0.4 is 10.4 Å². The summed E-state index contributed by atoms with van der Waals surface area (Å²) in [7, 11) is -0.390. The molecule has 0 saturated heterocycles. The molecule has 4 aromatic rings. The van der Waals surface area contributed by atoms with Crippen LogP contribution >= 0.6 is 0 Å².